The predicted molar refractivity (Wildman–Crippen MR) is 106 cm³/mol. The zero-order valence-electron chi connectivity index (χ0n) is 15.8. The molecule has 0 N–H and O–H groups in total. The normalized spacial score (nSPS) is 11.6. The first-order chi connectivity index (χ1) is 13.1. The molecule has 1 amide bonds. The Labute approximate surface area is 161 Å². The molecule has 0 radical (unpaired) electrons. The third-order valence-electron chi connectivity index (χ3n) is 4.17. The van der Waals surface area contributed by atoms with Crippen LogP contribution in [-0.2, 0) is 6.54 Å². The van der Waals surface area contributed by atoms with E-state index in [0.29, 0.717) is 21.9 Å². The Kier molecular flexibility index (Phi) is 5.81. The number of hydrogen-bond donors (Lipinski definition) is 0. The maximum absolute atomic E-state index is 12.9. The van der Waals surface area contributed by atoms with Crippen molar-refractivity contribution < 1.29 is 19.0 Å². The van der Waals surface area contributed by atoms with Gasteiger partial charge in [0, 0.05) is 12.6 Å². The van der Waals surface area contributed by atoms with E-state index in [4.69, 9.17) is 14.2 Å². The van der Waals surface area contributed by atoms with E-state index in [1.165, 1.54) is 25.6 Å². The minimum Gasteiger partial charge on any atom is -0.497 e. The van der Waals surface area contributed by atoms with Gasteiger partial charge >= 0.3 is 0 Å². The Balaban J connectivity index is 2.15. The molecule has 1 heterocycles. The van der Waals surface area contributed by atoms with Gasteiger partial charge in [-0.3, -0.25) is 4.79 Å². The average molecular weight is 386 g/mol. The van der Waals surface area contributed by atoms with Crippen molar-refractivity contribution in [1.82, 2.24) is 4.57 Å². The molecule has 3 aromatic rings. The second-order valence-electron chi connectivity index (χ2n) is 5.83. The van der Waals surface area contributed by atoms with Crippen LogP contribution in [-0.4, -0.2) is 31.8 Å². The standard InChI is InChI=1S/C20H22N2O4S/c1-5-11-22-15-12-13(24-2)9-10-17(15)27-20(22)21-19(23)14-7-6-8-16(25-3)18(14)26-4/h6-10,12H,5,11H2,1-4H3. The highest BCUT2D eigenvalue weighted by atomic mass is 32.1. The van der Waals surface area contributed by atoms with Crippen molar-refractivity contribution in [3.8, 4) is 17.2 Å². The number of carbonyl (C=O) groups is 1. The zero-order valence-corrected chi connectivity index (χ0v) is 16.6. The van der Waals surface area contributed by atoms with Crippen molar-refractivity contribution >= 4 is 27.5 Å². The molecule has 142 valence electrons. The lowest BCUT2D eigenvalue weighted by molar-refractivity contribution is 0.0994. The van der Waals surface area contributed by atoms with Crippen LogP contribution in [0.5, 0.6) is 17.2 Å². The Morgan fingerprint density at radius 3 is 2.59 bits per heavy atom. The highest BCUT2D eigenvalue weighted by molar-refractivity contribution is 7.16. The summed E-state index contributed by atoms with van der Waals surface area (Å²) < 4.78 is 19.1. The number of fused-ring (bicyclic) bond motifs is 1. The number of methoxy groups -OCH3 is 3. The molecule has 0 aliphatic heterocycles. The maximum Gasteiger partial charge on any atom is 0.283 e. The summed E-state index contributed by atoms with van der Waals surface area (Å²) in [4.78, 5) is 17.9. The molecule has 0 fully saturated rings. The fourth-order valence-electron chi connectivity index (χ4n) is 2.90. The number of ether oxygens (including phenoxy) is 3. The number of rotatable bonds is 6. The molecule has 0 spiro atoms. The Morgan fingerprint density at radius 1 is 1.11 bits per heavy atom. The number of nitrogens with zero attached hydrogens (tertiary/aromatic N) is 2. The zero-order chi connectivity index (χ0) is 19.4. The molecule has 0 bridgehead atoms. The molecule has 0 aliphatic carbocycles. The van der Waals surface area contributed by atoms with E-state index in [9.17, 15) is 4.79 Å². The smallest absolute Gasteiger partial charge is 0.283 e. The number of thiazole rings is 1. The minimum atomic E-state index is -0.367. The van der Waals surface area contributed by atoms with Gasteiger partial charge in [-0.25, -0.2) is 0 Å². The fraction of sp³-hybridized carbons (Fsp3) is 0.300. The lowest BCUT2D eigenvalue weighted by atomic mass is 10.2. The van der Waals surface area contributed by atoms with Crippen molar-refractivity contribution in [3.05, 3.63) is 46.8 Å². The SMILES string of the molecule is CCCn1c(=NC(=O)c2cccc(OC)c2OC)sc2ccc(OC)cc21. The second-order valence-corrected chi connectivity index (χ2v) is 6.84. The predicted octanol–water partition coefficient (Wildman–Crippen LogP) is 3.88. The molecule has 0 aliphatic rings. The van der Waals surface area contributed by atoms with E-state index in [2.05, 4.69) is 11.9 Å². The molecule has 0 atom stereocenters. The topological polar surface area (TPSA) is 62.1 Å². The molecular weight excluding hydrogens is 364 g/mol. The molecule has 1 aromatic heterocycles. The average Bonchev–Trinajstić information content (AvgIpc) is 3.03. The van der Waals surface area contributed by atoms with E-state index >= 15 is 0 Å². The Morgan fingerprint density at radius 2 is 1.93 bits per heavy atom. The molecule has 6 nitrogen and oxygen atoms in total. The van der Waals surface area contributed by atoms with Crippen LogP contribution in [0.1, 0.15) is 23.7 Å². The fourth-order valence-corrected chi connectivity index (χ4v) is 3.94. The summed E-state index contributed by atoms with van der Waals surface area (Å²) in [7, 11) is 4.69. The summed E-state index contributed by atoms with van der Waals surface area (Å²) in [5.41, 5.74) is 1.38. The van der Waals surface area contributed by atoms with Crippen LogP contribution in [0.25, 0.3) is 10.2 Å². The molecule has 0 saturated heterocycles. The van der Waals surface area contributed by atoms with Gasteiger partial charge in [-0.05, 0) is 30.7 Å². The molecule has 7 heteroatoms. The van der Waals surface area contributed by atoms with Gasteiger partial charge in [0.1, 0.15) is 5.75 Å². The van der Waals surface area contributed by atoms with Crippen LogP contribution in [0.2, 0.25) is 0 Å². The first-order valence-corrected chi connectivity index (χ1v) is 9.42. The summed E-state index contributed by atoms with van der Waals surface area (Å²) in [6, 6.07) is 11.1. The molecule has 0 saturated carbocycles. The number of aromatic nitrogens is 1. The van der Waals surface area contributed by atoms with Gasteiger partial charge in [0.2, 0.25) is 0 Å². The number of carbonyl (C=O) groups excluding carboxylic acids is 1. The van der Waals surface area contributed by atoms with Gasteiger partial charge in [-0.15, -0.1) is 0 Å². The van der Waals surface area contributed by atoms with Gasteiger partial charge in [0.15, 0.2) is 16.3 Å². The van der Waals surface area contributed by atoms with E-state index in [1.54, 1.807) is 25.3 Å². The van der Waals surface area contributed by atoms with Gasteiger partial charge in [-0.1, -0.05) is 24.3 Å². The van der Waals surface area contributed by atoms with Crippen LogP contribution < -0.4 is 19.0 Å². The lowest BCUT2D eigenvalue weighted by Crippen LogP contribution is -2.17. The largest absolute Gasteiger partial charge is 0.497 e. The van der Waals surface area contributed by atoms with Crippen LogP contribution in [0.15, 0.2) is 41.4 Å². The van der Waals surface area contributed by atoms with Gasteiger partial charge in [-0.2, -0.15) is 4.99 Å². The monoisotopic (exact) mass is 386 g/mol. The Bertz CT molecular complexity index is 1040. The third-order valence-corrected chi connectivity index (χ3v) is 5.23. The highest BCUT2D eigenvalue weighted by Gasteiger charge is 2.17. The third kappa shape index (κ3) is 3.68. The summed E-state index contributed by atoms with van der Waals surface area (Å²) in [5, 5.41) is 0. The highest BCUT2D eigenvalue weighted by Crippen LogP contribution is 2.31. The molecular formula is C20H22N2O4S. The molecule has 3 rings (SSSR count). The number of hydrogen-bond acceptors (Lipinski definition) is 5. The van der Waals surface area contributed by atoms with Crippen LogP contribution in [0.3, 0.4) is 0 Å². The number of aryl methyl sites for hydroxylation is 1. The first kappa shape index (κ1) is 19.0. The van der Waals surface area contributed by atoms with Crippen molar-refractivity contribution in [2.24, 2.45) is 4.99 Å². The number of para-hydroxylation sites is 1. The van der Waals surface area contributed by atoms with E-state index < -0.39 is 0 Å². The summed E-state index contributed by atoms with van der Waals surface area (Å²) >= 11 is 1.48. The number of benzene rings is 2. The number of amides is 1. The van der Waals surface area contributed by atoms with Crippen LogP contribution in [0, 0.1) is 0 Å². The van der Waals surface area contributed by atoms with Crippen molar-refractivity contribution in [2.75, 3.05) is 21.3 Å². The maximum atomic E-state index is 12.9. The van der Waals surface area contributed by atoms with E-state index in [1.807, 2.05) is 22.8 Å². The van der Waals surface area contributed by atoms with Crippen LogP contribution >= 0.6 is 11.3 Å². The van der Waals surface area contributed by atoms with Crippen LogP contribution in [0.4, 0.5) is 0 Å². The second kappa shape index (κ2) is 8.26. The minimum absolute atomic E-state index is 0.367. The van der Waals surface area contributed by atoms with Gasteiger partial charge < -0.3 is 18.8 Å². The molecule has 2 aromatic carbocycles. The van der Waals surface area contributed by atoms with E-state index in [-0.39, 0.29) is 5.91 Å². The Hall–Kier alpha value is -2.80. The van der Waals surface area contributed by atoms with Gasteiger partial charge in [0.25, 0.3) is 5.91 Å². The summed E-state index contributed by atoms with van der Waals surface area (Å²) in [6.07, 6.45) is 0.924. The van der Waals surface area contributed by atoms with Crippen molar-refractivity contribution in [1.29, 1.82) is 0 Å². The molecule has 0 unspecified atom stereocenters. The van der Waals surface area contributed by atoms with E-state index in [0.717, 1.165) is 28.9 Å². The summed E-state index contributed by atoms with van der Waals surface area (Å²) in [5.74, 6) is 1.30. The van der Waals surface area contributed by atoms with Crippen molar-refractivity contribution in [2.45, 2.75) is 19.9 Å². The lowest BCUT2D eigenvalue weighted by Gasteiger charge is -2.10. The molecule has 27 heavy (non-hydrogen) atoms. The quantitative estimate of drug-likeness (QED) is 0.645. The van der Waals surface area contributed by atoms with Gasteiger partial charge in [0.05, 0.1) is 37.1 Å². The first-order valence-electron chi connectivity index (χ1n) is 8.60. The van der Waals surface area contributed by atoms with Crippen molar-refractivity contribution in [3.63, 3.8) is 0 Å². The summed E-state index contributed by atoms with van der Waals surface area (Å²) in [6.45, 7) is 2.85.